The second kappa shape index (κ2) is 7.48. The third kappa shape index (κ3) is 7.16. The van der Waals surface area contributed by atoms with E-state index in [-0.39, 0.29) is 10.9 Å². The number of carbonyl (C=O) groups excluding carboxylic acids is 1. The lowest BCUT2D eigenvalue weighted by Gasteiger charge is -2.26. The van der Waals surface area contributed by atoms with Gasteiger partial charge in [-0.15, -0.1) is 0 Å². The number of hydrogen-bond acceptors (Lipinski definition) is 3. The van der Waals surface area contributed by atoms with Gasteiger partial charge in [0.25, 0.3) is 0 Å². The molecule has 6 nitrogen and oxygen atoms in total. The van der Waals surface area contributed by atoms with Gasteiger partial charge in [-0.25, -0.2) is 4.79 Å². The average molecular weight is 311 g/mol. The van der Waals surface area contributed by atoms with E-state index in [1.54, 1.807) is 6.92 Å². The number of hydrogen-bond donors (Lipinski definition) is 2. The fourth-order valence-corrected chi connectivity index (χ4v) is 2.28. The first-order valence-corrected chi connectivity index (χ1v) is 6.73. The number of halogens is 3. The molecule has 0 aromatic carbocycles. The first-order chi connectivity index (χ1) is 9.67. The largest absolute Gasteiger partial charge is 0.480 e. The first-order valence-electron chi connectivity index (χ1n) is 6.73. The molecule has 1 unspecified atom stereocenters. The molecule has 2 N–H and O–H groups in total. The maximum absolute atomic E-state index is 12.4. The van der Waals surface area contributed by atoms with E-state index in [1.807, 2.05) is 0 Å². The highest BCUT2D eigenvalue weighted by Crippen LogP contribution is 2.16. The predicted octanol–water partition coefficient (Wildman–Crippen LogP) is 1.13. The van der Waals surface area contributed by atoms with Crippen LogP contribution in [0.15, 0.2) is 0 Å². The van der Waals surface area contributed by atoms with Gasteiger partial charge >= 0.3 is 18.2 Å². The number of alkyl halides is 3. The summed E-state index contributed by atoms with van der Waals surface area (Å²) in [6.45, 7) is 1.47. The highest BCUT2D eigenvalue weighted by atomic mass is 19.4. The highest BCUT2D eigenvalue weighted by molar-refractivity contribution is 5.80. The summed E-state index contributed by atoms with van der Waals surface area (Å²) in [6, 6.07) is -1.36. The Morgan fingerprint density at radius 2 is 1.90 bits per heavy atom. The number of urea groups is 1. The molecule has 1 fully saturated rings. The van der Waals surface area contributed by atoms with Crippen molar-refractivity contribution in [3.8, 4) is 0 Å². The quantitative estimate of drug-likeness (QED) is 0.771. The molecule has 2 amide bonds. The van der Waals surface area contributed by atoms with Crippen LogP contribution in [0.4, 0.5) is 18.0 Å². The summed E-state index contributed by atoms with van der Waals surface area (Å²) in [5.41, 5.74) is 0. The van der Waals surface area contributed by atoms with Crippen LogP contribution >= 0.6 is 0 Å². The highest BCUT2D eigenvalue weighted by Gasteiger charge is 2.34. The minimum atomic E-state index is -4.63. The van der Waals surface area contributed by atoms with Gasteiger partial charge in [0.2, 0.25) is 0 Å². The van der Waals surface area contributed by atoms with E-state index >= 15 is 0 Å². The van der Waals surface area contributed by atoms with E-state index in [0.29, 0.717) is 6.54 Å². The Morgan fingerprint density at radius 3 is 2.38 bits per heavy atom. The summed E-state index contributed by atoms with van der Waals surface area (Å²) in [5, 5.41) is 11.0. The zero-order valence-corrected chi connectivity index (χ0v) is 11.8. The Bertz CT molecular complexity index is 370. The molecule has 0 aromatic rings. The molecule has 0 aromatic heterocycles. The number of likely N-dealkylation sites (tertiary alicyclic amines) is 1. The Labute approximate surface area is 120 Å². The van der Waals surface area contributed by atoms with Crippen LogP contribution < -0.4 is 5.32 Å². The Hall–Kier alpha value is -1.51. The van der Waals surface area contributed by atoms with Crippen LogP contribution in [0.1, 0.15) is 19.8 Å². The Morgan fingerprint density at radius 1 is 1.33 bits per heavy atom. The smallest absolute Gasteiger partial charge is 0.406 e. The van der Waals surface area contributed by atoms with E-state index in [2.05, 4.69) is 10.2 Å². The summed E-state index contributed by atoms with van der Waals surface area (Å²) in [4.78, 5) is 24.7. The van der Waals surface area contributed by atoms with Crippen LogP contribution in [-0.2, 0) is 4.79 Å². The summed E-state index contributed by atoms with van der Waals surface area (Å²) in [6.07, 6.45) is -2.50. The molecule has 0 aliphatic carbocycles. The third-order valence-electron chi connectivity index (χ3n) is 3.08. The number of carboxylic acid groups (broad SMARTS) is 1. The van der Waals surface area contributed by atoms with Crippen molar-refractivity contribution >= 4 is 12.0 Å². The summed E-state index contributed by atoms with van der Waals surface area (Å²) in [5.74, 6) is -1.48. The van der Waals surface area contributed by atoms with Crippen molar-refractivity contribution in [3.05, 3.63) is 0 Å². The van der Waals surface area contributed by atoms with Crippen molar-refractivity contribution in [1.29, 1.82) is 0 Å². The minimum Gasteiger partial charge on any atom is -0.480 e. The second-order valence-corrected chi connectivity index (χ2v) is 5.22. The normalized spacial score (nSPS) is 17.5. The molecule has 0 bridgehead atoms. The van der Waals surface area contributed by atoms with Crippen LogP contribution in [0.25, 0.3) is 0 Å². The number of nitrogens with zero attached hydrogens (tertiary/aromatic N) is 2. The number of rotatable bonds is 6. The second-order valence-electron chi connectivity index (χ2n) is 5.22. The van der Waals surface area contributed by atoms with Crippen molar-refractivity contribution in [1.82, 2.24) is 15.1 Å². The van der Waals surface area contributed by atoms with Crippen molar-refractivity contribution in [2.24, 2.45) is 0 Å². The van der Waals surface area contributed by atoms with Crippen LogP contribution in [0.3, 0.4) is 0 Å². The SMILES string of the molecule is CC(CN1CCCC1)NC(=O)N(CC(=O)O)CC(F)(F)F. The molecule has 0 saturated carbocycles. The number of carboxylic acids is 1. The molecule has 1 heterocycles. The minimum absolute atomic E-state index is 0.253. The zero-order valence-electron chi connectivity index (χ0n) is 11.8. The lowest BCUT2D eigenvalue weighted by molar-refractivity contribution is -0.149. The summed E-state index contributed by atoms with van der Waals surface area (Å²) >= 11 is 0. The molecular weight excluding hydrogens is 291 g/mol. The van der Waals surface area contributed by atoms with E-state index in [4.69, 9.17) is 5.11 Å². The zero-order chi connectivity index (χ0) is 16.0. The monoisotopic (exact) mass is 311 g/mol. The van der Waals surface area contributed by atoms with Crippen LogP contribution in [0.2, 0.25) is 0 Å². The third-order valence-corrected chi connectivity index (χ3v) is 3.08. The maximum atomic E-state index is 12.4. The number of amides is 2. The van der Waals surface area contributed by atoms with Gasteiger partial charge in [0, 0.05) is 12.6 Å². The lowest BCUT2D eigenvalue weighted by Crippen LogP contribution is -2.51. The van der Waals surface area contributed by atoms with Crippen molar-refractivity contribution in [2.45, 2.75) is 32.0 Å². The predicted molar refractivity (Wildman–Crippen MR) is 68.9 cm³/mol. The van der Waals surface area contributed by atoms with Gasteiger partial charge in [-0.1, -0.05) is 0 Å². The van der Waals surface area contributed by atoms with Crippen molar-refractivity contribution in [3.63, 3.8) is 0 Å². The van der Waals surface area contributed by atoms with Gasteiger partial charge in [-0.05, 0) is 32.9 Å². The molecule has 1 aliphatic rings. The van der Waals surface area contributed by atoms with E-state index in [9.17, 15) is 22.8 Å². The van der Waals surface area contributed by atoms with Crippen molar-refractivity contribution in [2.75, 3.05) is 32.7 Å². The topological polar surface area (TPSA) is 72.9 Å². The molecule has 0 spiro atoms. The number of aliphatic carboxylic acids is 1. The van der Waals surface area contributed by atoms with Crippen molar-refractivity contribution < 1.29 is 27.9 Å². The molecule has 1 saturated heterocycles. The molecule has 0 radical (unpaired) electrons. The van der Waals surface area contributed by atoms with Crippen LogP contribution in [0.5, 0.6) is 0 Å². The van der Waals surface area contributed by atoms with E-state index in [1.165, 1.54) is 0 Å². The molecular formula is C12H20F3N3O3. The van der Waals surface area contributed by atoms with Gasteiger partial charge in [-0.3, -0.25) is 4.79 Å². The fourth-order valence-electron chi connectivity index (χ4n) is 2.28. The number of nitrogens with one attached hydrogen (secondary N) is 1. The van der Waals surface area contributed by atoms with Gasteiger partial charge in [0.15, 0.2) is 0 Å². The van der Waals surface area contributed by atoms with Gasteiger partial charge in [0.05, 0.1) is 0 Å². The van der Waals surface area contributed by atoms with Gasteiger partial charge in [0.1, 0.15) is 13.1 Å². The molecule has 1 atom stereocenters. The summed E-state index contributed by atoms with van der Waals surface area (Å²) < 4.78 is 37.1. The molecule has 9 heteroatoms. The lowest BCUT2D eigenvalue weighted by atomic mass is 10.3. The van der Waals surface area contributed by atoms with Gasteiger partial charge in [-0.2, -0.15) is 13.2 Å². The van der Waals surface area contributed by atoms with E-state index in [0.717, 1.165) is 25.9 Å². The van der Waals surface area contributed by atoms with Crippen LogP contribution in [0, 0.1) is 0 Å². The Balaban J connectivity index is 2.51. The average Bonchev–Trinajstić information content (AvgIpc) is 2.77. The maximum Gasteiger partial charge on any atom is 0.406 e. The standard InChI is InChI=1S/C12H20F3N3O3/c1-9(6-17-4-2-3-5-17)16-11(21)18(7-10(19)20)8-12(13,14)15/h9H,2-8H2,1H3,(H,16,21)(H,19,20). The first kappa shape index (κ1) is 17.5. The Kier molecular flexibility index (Phi) is 6.25. The molecule has 1 aliphatic heterocycles. The fraction of sp³-hybridized carbons (Fsp3) is 0.833. The van der Waals surface area contributed by atoms with Gasteiger partial charge < -0.3 is 20.2 Å². The molecule has 21 heavy (non-hydrogen) atoms. The molecule has 1 rings (SSSR count). The van der Waals surface area contributed by atoms with Crippen LogP contribution in [-0.4, -0.2) is 71.8 Å². The number of carbonyl (C=O) groups is 2. The van der Waals surface area contributed by atoms with E-state index < -0.39 is 31.3 Å². The summed E-state index contributed by atoms with van der Waals surface area (Å²) in [7, 11) is 0. The molecule has 122 valence electrons.